The Labute approximate surface area is 150 Å². The number of fused-ring (bicyclic) bond motifs is 1. The lowest BCUT2D eigenvalue weighted by molar-refractivity contribution is -0.118. The molecule has 130 valence electrons. The lowest BCUT2D eigenvalue weighted by atomic mass is 10.0. The van der Waals surface area contributed by atoms with E-state index in [1.807, 2.05) is 43.3 Å². The van der Waals surface area contributed by atoms with E-state index in [1.54, 1.807) is 0 Å². The minimum Gasteiger partial charge on any atom is -0.480 e. The van der Waals surface area contributed by atoms with Crippen molar-refractivity contribution in [3.63, 3.8) is 0 Å². The summed E-state index contributed by atoms with van der Waals surface area (Å²) in [5.74, 6) is 1.59. The summed E-state index contributed by atoms with van der Waals surface area (Å²) in [5.41, 5.74) is 0.996. The zero-order valence-corrected chi connectivity index (χ0v) is 14.5. The van der Waals surface area contributed by atoms with E-state index in [0.717, 1.165) is 11.4 Å². The second-order valence-electron chi connectivity index (χ2n) is 6.19. The number of aromatic nitrogens is 1. The molecule has 1 saturated heterocycles. The molecule has 2 aliphatic rings. The van der Waals surface area contributed by atoms with Crippen LogP contribution in [-0.4, -0.2) is 36.8 Å². The minimum atomic E-state index is -0.199. The van der Waals surface area contributed by atoms with Gasteiger partial charge in [0.1, 0.15) is 5.82 Å². The zero-order chi connectivity index (χ0) is 17.4. The van der Waals surface area contributed by atoms with Crippen molar-refractivity contribution in [2.45, 2.75) is 19.1 Å². The van der Waals surface area contributed by atoms with Gasteiger partial charge in [-0.25, -0.2) is 4.98 Å². The number of amides is 1. The second kappa shape index (κ2) is 6.54. The molecule has 0 spiro atoms. The molecule has 3 heterocycles. The smallest absolute Gasteiger partial charge is 0.263 e. The molecule has 7 heteroatoms. The highest BCUT2D eigenvalue weighted by molar-refractivity contribution is 6.31. The van der Waals surface area contributed by atoms with E-state index in [9.17, 15) is 4.79 Å². The van der Waals surface area contributed by atoms with Crippen LogP contribution in [0.5, 0.6) is 5.75 Å². The van der Waals surface area contributed by atoms with E-state index in [4.69, 9.17) is 21.1 Å². The predicted octanol–water partition coefficient (Wildman–Crippen LogP) is 3.03. The number of benzene rings is 1. The Hall–Kier alpha value is -2.31. The fourth-order valence-corrected chi connectivity index (χ4v) is 3.43. The van der Waals surface area contributed by atoms with Gasteiger partial charge in [0, 0.05) is 11.6 Å². The van der Waals surface area contributed by atoms with Gasteiger partial charge in [-0.3, -0.25) is 4.79 Å². The molecule has 2 aliphatic heterocycles. The van der Waals surface area contributed by atoms with E-state index in [0.29, 0.717) is 29.7 Å². The molecule has 1 aromatic heterocycles. The quantitative estimate of drug-likeness (QED) is 0.893. The molecule has 4 rings (SSSR count). The highest BCUT2D eigenvalue weighted by Crippen LogP contribution is 2.36. The highest BCUT2D eigenvalue weighted by Gasteiger charge is 2.31. The zero-order valence-electron chi connectivity index (χ0n) is 13.7. The van der Waals surface area contributed by atoms with Crippen molar-refractivity contribution in [1.29, 1.82) is 0 Å². The van der Waals surface area contributed by atoms with E-state index in [1.165, 1.54) is 0 Å². The van der Waals surface area contributed by atoms with E-state index in [-0.39, 0.29) is 24.7 Å². The number of hydrogen-bond acceptors (Lipinski definition) is 5. The molecule has 0 bridgehead atoms. The third kappa shape index (κ3) is 3.15. The standard InChI is InChI=1S/C18H18ClN3O3/c1-11-8-22(14(9-24-11)12-4-2-3-5-13(12)19)16-7-6-15-18(20-16)21-17(23)10-25-15/h2-7,11,14H,8-10H2,1H3,(H,20,21,23)/t11-,14+/m1/s1. The van der Waals surface area contributed by atoms with Crippen LogP contribution in [0.15, 0.2) is 36.4 Å². The molecule has 2 atom stereocenters. The summed E-state index contributed by atoms with van der Waals surface area (Å²) < 4.78 is 11.2. The van der Waals surface area contributed by atoms with Crippen molar-refractivity contribution >= 4 is 29.1 Å². The second-order valence-corrected chi connectivity index (χ2v) is 6.59. The topological polar surface area (TPSA) is 63.7 Å². The lowest BCUT2D eigenvalue weighted by Gasteiger charge is -2.40. The average molecular weight is 360 g/mol. The molecule has 1 amide bonds. The highest BCUT2D eigenvalue weighted by atomic mass is 35.5. The molecule has 1 N–H and O–H groups in total. The normalized spacial score (nSPS) is 22.8. The monoisotopic (exact) mass is 359 g/mol. The molecule has 6 nitrogen and oxygen atoms in total. The summed E-state index contributed by atoms with van der Waals surface area (Å²) in [6, 6.07) is 11.4. The van der Waals surface area contributed by atoms with Gasteiger partial charge >= 0.3 is 0 Å². The van der Waals surface area contributed by atoms with Gasteiger partial charge in [-0.15, -0.1) is 0 Å². The van der Waals surface area contributed by atoms with Crippen LogP contribution in [0.4, 0.5) is 11.6 Å². The average Bonchev–Trinajstić information content (AvgIpc) is 2.62. The lowest BCUT2D eigenvalue weighted by Crippen LogP contribution is -2.44. The first-order valence-electron chi connectivity index (χ1n) is 8.18. The number of morpholine rings is 1. The first-order chi connectivity index (χ1) is 12.1. The first-order valence-corrected chi connectivity index (χ1v) is 8.56. The molecule has 1 aromatic carbocycles. The number of nitrogens with one attached hydrogen (secondary N) is 1. The number of carbonyl (C=O) groups is 1. The van der Waals surface area contributed by atoms with Crippen molar-refractivity contribution < 1.29 is 14.3 Å². The van der Waals surface area contributed by atoms with E-state index < -0.39 is 0 Å². The number of hydrogen-bond donors (Lipinski definition) is 1. The number of ether oxygens (including phenoxy) is 2. The van der Waals surface area contributed by atoms with Gasteiger partial charge < -0.3 is 19.7 Å². The summed E-state index contributed by atoms with van der Waals surface area (Å²) in [7, 11) is 0. The number of carbonyl (C=O) groups excluding carboxylic acids is 1. The fourth-order valence-electron chi connectivity index (χ4n) is 3.17. The van der Waals surface area contributed by atoms with Gasteiger partial charge in [-0.1, -0.05) is 29.8 Å². The van der Waals surface area contributed by atoms with Crippen molar-refractivity contribution in [2.24, 2.45) is 0 Å². The number of nitrogens with zero attached hydrogens (tertiary/aromatic N) is 2. The molecule has 25 heavy (non-hydrogen) atoms. The Morgan fingerprint density at radius 1 is 1.28 bits per heavy atom. The number of anilines is 2. The molecule has 0 unspecified atom stereocenters. The van der Waals surface area contributed by atoms with Gasteiger partial charge in [0.15, 0.2) is 18.2 Å². The summed E-state index contributed by atoms with van der Waals surface area (Å²) in [4.78, 5) is 18.3. The first kappa shape index (κ1) is 16.2. The Balaban J connectivity index is 1.71. The van der Waals surface area contributed by atoms with Crippen molar-refractivity contribution in [3.8, 4) is 5.75 Å². The van der Waals surface area contributed by atoms with Crippen LogP contribution in [0.3, 0.4) is 0 Å². The molecular formula is C18H18ClN3O3. The summed E-state index contributed by atoms with van der Waals surface area (Å²) >= 11 is 6.40. The van der Waals surface area contributed by atoms with Crippen LogP contribution < -0.4 is 15.0 Å². The molecule has 0 saturated carbocycles. The molecule has 2 aromatic rings. The largest absolute Gasteiger partial charge is 0.480 e. The number of pyridine rings is 1. The van der Waals surface area contributed by atoms with Crippen molar-refractivity contribution in [2.75, 3.05) is 30.0 Å². The fraction of sp³-hybridized carbons (Fsp3) is 0.333. The van der Waals surface area contributed by atoms with Crippen LogP contribution >= 0.6 is 11.6 Å². The Morgan fingerprint density at radius 3 is 2.96 bits per heavy atom. The maximum absolute atomic E-state index is 11.6. The van der Waals surface area contributed by atoms with Gasteiger partial charge in [-0.2, -0.15) is 0 Å². The number of halogens is 1. The van der Waals surface area contributed by atoms with Gasteiger partial charge in [-0.05, 0) is 30.7 Å². The van der Waals surface area contributed by atoms with Crippen LogP contribution in [0.2, 0.25) is 5.02 Å². The summed E-state index contributed by atoms with van der Waals surface area (Å²) in [6.07, 6.45) is 0.0717. The molecule has 0 aliphatic carbocycles. The van der Waals surface area contributed by atoms with E-state index >= 15 is 0 Å². The number of rotatable bonds is 2. The molecule has 0 radical (unpaired) electrons. The summed E-state index contributed by atoms with van der Waals surface area (Å²) in [6.45, 7) is 3.24. The maximum atomic E-state index is 11.6. The predicted molar refractivity (Wildman–Crippen MR) is 95.3 cm³/mol. The van der Waals surface area contributed by atoms with Crippen molar-refractivity contribution in [3.05, 3.63) is 47.0 Å². The summed E-state index contributed by atoms with van der Waals surface area (Å²) in [5, 5.41) is 3.46. The third-order valence-electron chi connectivity index (χ3n) is 4.39. The molecule has 1 fully saturated rings. The Bertz CT molecular complexity index is 814. The SMILES string of the molecule is C[C@@H]1CN(c2ccc3c(n2)NC(=O)CO3)[C@H](c2ccccc2Cl)CO1. The maximum Gasteiger partial charge on any atom is 0.263 e. The minimum absolute atomic E-state index is 0.0187. The molecular weight excluding hydrogens is 342 g/mol. The Kier molecular flexibility index (Phi) is 4.23. The van der Waals surface area contributed by atoms with Crippen LogP contribution in [0.1, 0.15) is 18.5 Å². The van der Waals surface area contributed by atoms with Gasteiger partial charge in [0.2, 0.25) is 0 Å². The van der Waals surface area contributed by atoms with E-state index in [2.05, 4.69) is 15.2 Å². The Morgan fingerprint density at radius 2 is 2.12 bits per heavy atom. The van der Waals surface area contributed by atoms with Crippen LogP contribution in [0.25, 0.3) is 0 Å². The van der Waals surface area contributed by atoms with Gasteiger partial charge in [0.05, 0.1) is 18.8 Å². The van der Waals surface area contributed by atoms with Crippen LogP contribution in [0, 0.1) is 0 Å². The van der Waals surface area contributed by atoms with Gasteiger partial charge in [0.25, 0.3) is 5.91 Å². The van der Waals surface area contributed by atoms with Crippen molar-refractivity contribution in [1.82, 2.24) is 4.98 Å². The third-order valence-corrected chi connectivity index (χ3v) is 4.73. The van der Waals surface area contributed by atoms with Crippen LogP contribution in [-0.2, 0) is 9.53 Å².